The number of amides is 1. The van der Waals surface area contributed by atoms with Crippen LogP contribution in [0.25, 0.3) is 0 Å². The Labute approximate surface area is 158 Å². The van der Waals surface area contributed by atoms with Crippen LogP contribution in [0, 0.1) is 0 Å². The van der Waals surface area contributed by atoms with Crippen molar-refractivity contribution < 1.29 is 14.3 Å². The third-order valence-corrected chi connectivity index (χ3v) is 5.15. The molecule has 2 rings (SSSR count). The van der Waals surface area contributed by atoms with Gasteiger partial charge in [0.05, 0.1) is 0 Å². The molecular weight excluding hydrogens is 328 g/mol. The van der Waals surface area contributed by atoms with Gasteiger partial charge in [-0.15, -0.1) is 0 Å². The molecule has 1 N–H and O–H groups in total. The number of nitrogens with one attached hydrogen (secondary N) is 1. The Hall–Kier alpha value is -1.59. The van der Waals surface area contributed by atoms with Gasteiger partial charge in [0.2, 0.25) is 0 Å². The first-order chi connectivity index (χ1) is 12.6. The van der Waals surface area contributed by atoms with E-state index < -0.39 is 5.60 Å². The molecule has 1 saturated heterocycles. The topological polar surface area (TPSA) is 50.8 Å². The summed E-state index contributed by atoms with van der Waals surface area (Å²) in [5.74, 6) is 0.720. The minimum Gasteiger partial charge on any atom is -0.492 e. The minimum absolute atomic E-state index is 0.114. The highest BCUT2D eigenvalue weighted by Gasteiger charge is 2.32. The van der Waals surface area contributed by atoms with E-state index in [1.54, 1.807) is 7.11 Å². The number of hydrogen-bond donors (Lipinski definition) is 1. The number of likely N-dealkylation sites (tertiary alicyclic amines) is 1. The molecule has 1 aromatic carbocycles. The van der Waals surface area contributed by atoms with E-state index in [0.717, 1.165) is 24.4 Å². The van der Waals surface area contributed by atoms with Gasteiger partial charge in [-0.25, -0.2) is 0 Å². The number of rotatable bonds is 9. The minimum atomic E-state index is -0.795. The molecule has 0 unspecified atom stereocenters. The molecule has 1 fully saturated rings. The van der Waals surface area contributed by atoms with E-state index in [1.165, 1.54) is 38.8 Å². The average Bonchev–Trinajstić information content (AvgIpc) is 2.92. The molecule has 0 aliphatic carbocycles. The zero-order chi connectivity index (χ0) is 18.8. The van der Waals surface area contributed by atoms with Gasteiger partial charge in [-0.05, 0) is 63.5 Å². The second-order valence-corrected chi connectivity index (χ2v) is 7.27. The molecule has 5 nitrogen and oxygen atoms in total. The van der Waals surface area contributed by atoms with E-state index in [2.05, 4.69) is 10.2 Å². The van der Waals surface area contributed by atoms with Gasteiger partial charge in [0.25, 0.3) is 5.91 Å². The van der Waals surface area contributed by atoms with Crippen molar-refractivity contribution in [3.63, 3.8) is 0 Å². The van der Waals surface area contributed by atoms with Crippen LogP contribution in [0.15, 0.2) is 24.3 Å². The van der Waals surface area contributed by atoms with Crippen LogP contribution < -0.4 is 10.1 Å². The van der Waals surface area contributed by atoms with Crippen molar-refractivity contribution in [3.8, 4) is 5.75 Å². The predicted octanol–water partition coefficient (Wildman–Crippen LogP) is 4.09. The largest absolute Gasteiger partial charge is 0.492 e. The van der Waals surface area contributed by atoms with Gasteiger partial charge in [0.15, 0.2) is 0 Å². The SMILES string of the molecule is CCC[C@@](C)(OC)C(=O)Nc1ccc(OCCN2CCCCCC2)cc1. The molecule has 0 spiro atoms. The van der Waals surface area contributed by atoms with Gasteiger partial charge in [-0.1, -0.05) is 26.2 Å². The van der Waals surface area contributed by atoms with E-state index in [-0.39, 0.29) is 5.91 Å². The van der Waals surface area contributed by atoms with Crippen molar-refractivity contribution in [2.24, 2.45) is 0 Å². The first kappa shape index (κ1) is 20.7. The van der Waals surface area contributed by atoms with Crippen LogP contribution >= 0.6 is 0 Å². The van der Waals surface area contributed by atoms with Crippen LogP contribution in [0.5, 0.6) is 5.75 Å². The van der Waals surface area contributed by atoms with Crippen LogP contribution in [0.3, 0.4) is 0 Å². The number of hydrogen-bond acceptors (Lipinski definition) is 4. The van der Waals surface area contributed by atoms with Crippen molar-refractivity contribution in [3.05, 3.63) is 24.3 Å². The maximum atomic E-state index is 12.4. The van der Waals surface area contributed by atoms with Crippen molar-refractivity contribution >= 4 is 11.6 Å². The van der Waals surface area contributed by atoms with Gasteiger partial charge in [-0.2, -0.15) is 0 Å². The van der Waals surface area contributed by atoms with Gasteiger partial charge in [0, 0.05) is 19.3 Å². The smallest absolute Gasteiger partial charge is 0.256 e. The zero-order valence-corrected chi connectivity index (χ0v) is 16.6. The summed E-state index contributed by atoms with van der Waals surface area (Å²) in [6, 6.07) is 7.56. The molecule has 1 aromatic rings. The number of nitrogens with zero attached hydrogens (tertiary/aromatic N) is 1. The lowest BCUT2D eigenvalue weighted by Crippen LogP contribution is -2.41. The number of methoxy groups -OCH3 is 1. The summed E-state index contributed by atoms with van der Waals surface area (Å²) >= 11 is 0. The van der Waals surface area contributed by atoms with Crippen LogP contribution in [-0.2, 0) is 9.53 Å². The van der Waals surface area contributed by atoms with E-state index >= 15 is 0 Å². The highest BCUT2D eigenvalue weighted by Crippen LogP contribution is 2.21. The molecule has 0 radical (unpaired) electrons. The summed E-state index contributed by atoms with van der Waals surface area (Å²) in [6.07, 6.45) is 6.88. The first-order valence-corrected chi connectivity index (χ1v) is 9.89. The average molecular weight is 363 g/mol. The molecule has 0 bridgehead atoms. The lowest BCUT2D eigenvalue weighted by atomic mass is 9.99. The Kier molecular flexibility index (Phi) is 8.39. The van der Waals surface area contributed by atoms with Crippen molar-refractivity contribution in [1.82, 2.24) is 4.90 Å². The number of carbonyl (C=O) groups is 1. The molecular formula is C21H34N2O3. The maximum absolute atomic E-state index is 12.4. The van der Waals surface area contributed by atoms with E-state index in [4.69, 9.17) is 9.47 Å². The van der Waals surface area contributed by atoms with Crippen molar-refractivity contribution in [2.45, 2.75) is 58.0 Å². The summed E-state index contributed by atoms with van der Waals surface area (Å²) in [5, 5.41) is 2.93. The molecule has 0 aromatic heterocycles. The summed E-state index contributed by atoms with van der Waals surface area (Å²) in [4.78, 5) is 14.9. The third kappa shape index (κ3) is 6.29. The van der Waals surface area contributed by atoms with Crippen LogP contribution in [0.1, 0.15) is 52.4 Å². The fraction of sp³-hybridized carbons (Fsp3) is 0.667. The first-order valence-electron chi connectivity index (χ1n) is 9.89. The lowest BCUT2D eigenvalue weighted by molar-refractivity contribution is -0.136. The third-order valence-electron chi connectivity index (χ3n) is 5.15. The van der Waals surface area contributed by atoms with E-state index in [0.29, 0.717) is 13.0 Å². The molecule has 1 aliphatic heterocycles. The molecule has 1 aliphatic rings. The quantitative estimate of drug-likeness (QED) is 0.719. The second kappa shape index (κ2) is 10.5. The molecule has 1 amide bonds. The molecule has 5 heteroatoms. The van der Waals surface area contributed by atoms with E-state index in [9.17, 15) is 4.79 Å². The molecule has 26 heavy (non-hydrogen) atoms. The lowest BCUT2D eigenvalue weighted by Gasteiger charge is -2.26. The van der Waals surface area contributed by atoms with Gasteiger partial charge >= 0.3 is 0 Å². The summed E-state index contributed by atoms with van der Waals surface area (Å²) in [5.41, 5.74) is -0.0360. The van der Waals surface area contributed by atoms with Crippen LogP contribution in [0.2, 0.25) is 0 Å². The van der Waals surface area contributed by atoms with Gasteiger partial charge in [0.1, 0.15) is 18.0 Å². The molecule has 146 valence electrons. The van der Waals surface area contributed by atoms with E-state index in [1.807, 2.05) is 38.1 Å². The Balaban J connectivity index is 1.79. The van der Waals surface area contributed by atoms with Crippen molar-refractivity contribution in [1.29, 1.82) is 0 Å². The Morgan fingerprint density at radius 2 is 1.81 bits per heavy atom. The monoisotopic (exact) mass is 362 g/mol. The van der Waals surface area contributed by atoms with Gasteiger partial charge in [-0.3, -0.25) is 9.69 Å². The molecule has 0 saturated carbocycles. The maximum Gasteiger partial charge on any atom is 0.256 e. The number of ether oxygens (including phenoxy) is 2. The predicted molar refractivity (Wildman–Crippen MR) is 106 cm³/mol. The fourth-order valence-electron chi connectivity index (χ4n) is 3.34. The number of benzene rings is 1. The normalized spacial score (nSPS) is 18.0. The zero-order valence-electron chi connectivity index (χ0n) is 16.6. The summed E-state index contributed by atoms with van der Waals surface area (Å²) < 4.78 is 11.3. The Morgan fingerprint density at radius 1 is 1.15 bits per heavy atom. The molecule has 1 atom stereocenters. The molecule has 1 heterocycles. The second-order valence-electron chi connectivity index (χ2n) is 7.27. The summed E-state index contributed by atoms with van der Waals surface area (Å²) in [7, 11) is 1.58. The standard InChI is InChI=1S/C21H34N2O3/c1-4-13-21(2,25-3)20(24)22-18-9-11-19(12-10-18)26-17-16-23-14-7-5-6-8-15-23/h9-12H,4-8,13-17H2,1-3H3,(H,22,24)/t21-/m1/s1. The van der Waals surface area contributed by atoms with Crippen molar-refractivity contribution in [2.75, 3.05) is 38.7 Å². The Bertz CT molecular complexity index is 539. The Morgan fingerprint density at radius 3 is 2.38 bits per heavy atom. The van der Waals surface area contributed by atoms with Crippen LogP contribution in [0.4, 0.5) is 5.69 Å². The number of anilines is 1. The van der Waals surface area contributed by atoms with Gasteiger partial charge < -0.3 is 14.8 Å². The van der Waals surface area contributed by atoms with Crippen LogP contribution in [-0.4, -0.2) is 49.8 Å². The summed E-state index contributed by atoms with van der Waals surface area (Å²) in [6.45, 7) is 7.91. The fourth-order valence-corrected chi connectivity index (χ4v) is 3.34. The highest BCUT2D eigenvalue weighted by atomic mass is 16.5. The highest BCUT2D eigenvalue weighted by molar-refractivity contribution is 5.97. The number of carbonyl (C=O) groups excluding carboxylic acids is 1.